The number of aromatic nitrogens is 2. The predicted molar refractivity (Wildman–Crippen MR) is 75.2 cm³/mol. The molecular formula is C14H14Cl2N2. The first-order valence-corrected chi connectivity index (χ1v) is 6.92. The lowest BCUT2D eigenvalue weighted by atomic mass is 9.98. The highest BCUT2D eigenvalue weighted by Gasteiger charge is 2.23. The minimum absolute atomic E-state index is 0.622. The van der Waals surface area contributed by atoms with Gasteiger partial charge in [0.15, 0.2) is 5.15 Å². The summed E-state index contributed by atoms with van der Waals surface area (Å²) in [5.74, 6) is 1.57. The third kappa shape index (κ3) is 1.94. The van der Waals surface area contributed by atoms with Crippen LogP contribution in [0.5, 0.6) is 0 Å². The second kappa shape index (κ2) is 4.60. The Morgan fingerprint density at radius 1 is 1.28 bits per heavy atom. The van der Waals surface area contributed by atoms with Crippen LogP contribution in [0.4, 0.5) is 0 Å². The molecule has 18 heavy (non-hydrogen) atoms. The zero-order chi connectivity index (χ0) is 12.7. The molecule has 0 aliphatic carbocycles. The van der Waals surface area contributed by atoms with Gasteiger partial charge in [-0.15, -0.1) is 0 Å². The van der Waals surface area contributed by atoms with E-state index >= 15 is 0 Å². The average Bonchev–Trinajstić information content (AvgIpc) is 2.67. The van der Waals surface area contributed by atoms with Crippen molar-refractivity contribution in [2.75, 3.05) is 0 Å². The topological polar surface area (TPSA) is 17.8 Å². The van der Waals surface area contributed by atoms with E-state index in [9.17, 15) is 0 Å². The fourth-order valence-corrected chi connectivity index (χ4v) is 3.00. The Morgan fingerprint density at radius 3 is 2.83 bits per heavy atom. The van der Waals surface area contributed by atoms with Gasteiger partial charge in [-0.3, -0.25) is 0 Å². The number of fused-ring (bicyclic) bond motifs is 1. The third-order valence-corrected chi connectivity index (χ3v) is 4.16. The van der Waals surface area contributed by atoms with Crippen LogP contribution in [0.2, 0.25) is 10.2 Å². The molecule has 0 bridgehead atoms. The van der Waals surface area contributed by atoms with E-state index in [1.54, 1.807) is 0 Å². The normalized spacial score (nSPS) is 18.7. The van der Waals surface area contributed by atoms with E-state index < -0.39 is 0 Å². The van der Waals surface area contributed by atoms with Crippen molar-refractivity contribution in [2.24, 2.45) is 5.92 Å². The van der Waals surface area contributed by atoms with Crippen LogP contribution >= 0.6 is 23.2 Å². The molecule has 3 rings (SSSR count). The van der Waals surface area contributed by atoms with Crippen molar-refractivity contribution in [1.29, 1.82) is 0 Å². The zero-order valence-electron chi connectivity index (χ0n) is 10.2. The van der Waals surface area contributed by atoms with Gasteiger partial charge in [-0.05, 0) is 30.9 Å². The van der Waals surface area contributed by atoms with E-state index in [0.29, 0.717) is 11.1 Å². The van der Waals surface area contributed by atoms with Gasteiger partial charge in [0.1, 0.15) is 5.82 Å². The summed E-state index contributed by atoms with van der Waals surface area (Å²) in [5, 5.41) is 1.34. The lowest BCUT2D eigenvalue weighted by Crippen LogP contribution is -2.17. The van der Waals surface area contributed by atoms with E-state index in [0.717, 1.165) is 41.5 Å². The minimum Gasteiger partial charge on any atom is -0.327 e. The van der Waals surface area contributed by atoms with Crippen LogP contribution in [0.3, 0.4) is 0 Å². The molecule has 2 aromatic rings. The highest BCUT2D eigenvalue weighted by molar-refractivity contribution is 6.33. The van der Waals surface area contributed by atoms with Crippen molar-refractivity contribution in [3.05, 3.63) is 40.1 Å². The highest BCUT2D eigenvalue weighted by atomic mass is 35.5. The van der Waals surface area contributed by atoms with Crippen LogP contribution in [0.25, 0.3) is 11.4 Å². The summed E-state index contributed by atoms with van der Waals surface area (Å²) in [6, 6.07) is 7.78. The van der Waals surface area contributed by atoms with Gasteiger partial charge in [-0.25, -0.2) is 4.98 Å². The molecule has 0 fully saturated rings. The molecule has 0 radical (unpaired) electrons. The number of rotatable bonds is 1. The molecule has 4 heteroatoms. The number of imidazole rings is 1. The van der Waals surface area contributed by atoms with Crippen LogP contribution in [-0.4, -0.2) is 9.55 Å². The van der Waals surface area contributed by atoms with Crippen molar-refractivity contribution in [2.45, 2.75) is 26.3 Å². The van der Waals surface area contributed by atoms with Gasteiger partial charge in [0, 0.05) is 12.1 Å². The quantitative estimate of drug-likeness (QED) is 0.755. The molecular weight excluding hydrogens is 267 g/mol. The molecule has 94 valence electrons. The number of hydrogen-bond donors (Lipinski definition) is 0. The lowest BCUT2D eigenvalue weighted by Gasteiger charge is -2.22. The molecule has 2 nitrogen and oxygen atoms in total. The Balaban J connectivity index is 2.15. The van der Waals surface area contributed by atoms with E-state index in [2.05, 4.69) is 16.5 Å². The van der Waals surface area contributed by atoms with Crippen LogP contribution in [0.15, 0.2) is 24.3 Å². The number of halogens is 2. The predicted octanol–water partition coefficient (Wildman–Crippen LogP) is 4.44. The molecule has 1 aliphatic rings. The zero-order valence-corrected chi connectivity index (χ0v) is 11.7. The van der Waals surface area contributed by atoms with Gasteiger partial charge in [0.25, 0.3) is 0 Å². The maximum atomic E-state index is 6.26. The van der Waals surface area contributed by atoms with Gasteiger partial charge >= 0.3 is 0 Å². The fraction of sp³-hybridized carbons (Fsp3) is 0.357. The van der Waals surface area contributed by atoms with E-state index in [4.69, 9.17) is 23.2 Å². The number of hydrogen-bond acceptors (Lipinski definition) is 1. The largest absolute Gasteiger partial charge is 0.327 e. The first-order chi connectivity index (χ1) is 8.66. The summed E-state index contributed by atoms with van der Waals surface area (Å²) in [7, 11) is 0. The van der Waals surface area contributed by atoms with Crippen LogP contribution < -0.4 is 0 Å². The molecule has 1 aromatic heterocycles. The van der Waals surface area contributed by atoms with Gasteiger partial charge in [0.05, 0.1) is 10.7 Å². The first kappa shape index (κ1) is 12.1. The Kier molecular flexibility index (Phi) is 3.08. The fourth-order valence-electron chi connectivity index (χ4n) is 2.52. The molecule has 0 saturated heterocycles. The third-order valence-electron chi connectivity index (χ3n) is 3.53. The number of nitrogens with zero attached hydrogens (tertiary/aromatic N) is 2. The van der Waals surface area contributed by atoms with Crippen molar-refractivity contribution in [3.63, 3.8) is 0 Å². The minimum atomic E-state index is 0.622. The SMILES string of the molecule is CC1CCn2c(-c3ccccc3Cl)nc(Cl)c2C1. The van der Waals surface area contributed by atoms with E-state index in [1.807, 2.05) is 24.3 Å². The molecule has 0 amide bonds. The van der Waals surface area contributed by atoms with Crippen molar-refractivity contribution >= 4 is 23.2 Å². The first-order valence-electron chi connectivity index (χ1n) is 6.16. The molecule has 0 saturated carbocycles. The van der Waals surface area contributed by atoms with Crippen LogP contribution in [0, 0.1) is 5.92 Å². The van der Waals surface area contributed by atoms with Crippen LogP contribution in [-0.2, 0) is 13.0 Å². The monoisotopic (exact) mass is 280 g/mol. The van der Waals surface area contributed by atoms with Gasteiger partial charge < -0.3 is 4.57 Å². The van der Waals surface area contributed by atoms with E-state index in [1.165, 1.54) is 0 Å². The Labute approximate surface area is 117 Å². The molecule has 1 aliphatic heterocycles. The highest BCUT2D eigenvalue weighted by Crippen LogP contribution is 2.34. The van der Waals surface area contributed by atoms with Gasteiger partial charge in [-0.1, -0.05) is 42.3 Å². The Bertz CT molecular complexity index is 589. The Morgan fingerprint density at radius 2 is 2.06 bits per heavy atom. The maximum Gasteiger partial charge on any atom is 0.150 e. The summed E-state index contributed by atoms with van der Waals surface area (Å²) in [6.07, 6.45) is 2.16. The molecule has 0 N–H and O–H groups in total. The van der Waals surface area contributed by atoms with Gasteiger partial charge in [-0.2, -0.15) is 0 Å². The summed E-state index contributed by atoms with van der Waals surface area (Å²) < 4.78 is 2.21. The average molecular weight is 281 g/mol. The van der Waals surface area contributed by atoms with E-state index in [-0.39, 0.29) is 0 Å². The molecule has 1 aromatic carbocycles. The number of benzene rings is 1. The van der Waals surface area contributed by atoms with Gasteiger partial charge in [0.2, 0.25) is 0 Å². The lowest BCUT2D eigenvalue weighted by molar-refractivity contribution is 0.419. The van der Waals surface area contributed by atoms with Crippen molar-refractivity contribution in [1.82, 2.24) is 9.55 Å². The second-order valence-electron chi connectivity index (χ2n) is 4.90. The molecule has 2 heterocycles. The smallest absolute Gasteiger partial charge is 0.150 e. The van der Waals surface area contributed by atoms with Crippen LogP contribution in [0.1, 0.15) is 19.0 Å². The summed E-state index contributed by atoms with van der Waals surface area (Å²) in [5.41, 5.74) is 2.10. The van der Waals surface area contributed by atoms with Crippen molar-refractivity contribution in [3.8, 4) is 11.4 Å². The molecule has 1 atom stereocenters. The molecule has 1 unspecified atom stereocenters. The maximum absolute atomic E-state index is 6.26. The molecule has 0 spiro atoms. The second-order valence-corrected chi connectivity index (χ2v) is 5.67. The van der Waals surface area contributed by atoms with Crippen molar-refractivity contribution < 1.29 is 0 Å². The summed E-state index contributed by atoms with van der Waals surface area (Å²) in [4.78, 5) is 4.50. The summed E-state index contributed by atoms with van der Waals surface area (Å²) in [6.45, 7) is 3.22. The Hall–Kier alpha value is -0.990. The summed E-state index contributed by atoms with van der Waals surface area (Å²) >= 11 is 12.5. The standard InChI is InChI=1S/C14H14Cl2N2/c1-9-6-7-18-12(8-9)13(16)17-14(18)10-4-2-3-5-11(10)15/h2-5,9H,6-8H2,1H3.